The summed E-state index contributed by atoms with van der Waals surface area (Å²) in [6, 6.07) is 0.237. The lowest BCUT2D eigenvalue weighted by atomic mass is 9.82. The Balaban J connectivity index is 1.54. The maximum atomic E-state index is 12.3. The molecular weight excluding hydrogens is 228 g/mol. The predicted molar refractivity (Wildman–Crippen MR) is 69.0 cm³/mol. The number of likely N-dealkylation sites (tertiary alicyclic amines) is 1. The first-order chi connectivity index (χ1) is 8.72. The molecule has 2 heterocycles. The van der Waals surface area contributed by atoms with Crippen molar-refractivity contribution in [3.05, 3.63) is 0 Å². The Morgan fingerprint density at radius 1 is 1.11 bits per heavy atom. The molecule has 1 saturated carbocycles. The number of morpholine rings is 1. The summed E-state index contributed by atoms with van der Waals surface area (Å²) < 4.78 is 5.77. The van der Waals surface area contributed by atoms with Crippen molar-refractivity contribution in [2.75, 3.05) is 13.1 Å². The number of ether oxygens (including phenoxy) is 1. The molecule has 4 atom stereocenters. The Bertz CT molecular complexity index is 309. The first kappa shape index (κ1) is 12.4. The van der Waals surface area contributed by atoms with Gasteiger partial charge in [-0.2, -0.15) is 0 Å². The van der Waals surface area contributed by atoms with E-state index in [1.165, 1.54) is 12.8 Å². The summed E-state index contributed by atoms with van der Waals surface area (Å²) in [6.07, 6.45) is 8.18. The number of hydrogen-bond acceptors (Lipinski definition) is 3. The highest BCUT2D eigenvalue weighted by Crippen LogP contribution is 2.29. The van der Waals surface area contributed by atoms with Crippen LogP contribution in [0.4, 0.5) is 0 Å². The minimum atomic E-state index is 0.237. The molecule has 4 nitrogen and oxygen atoms in total. The van der Waals surface area contributed by atoms with Crippen LogP contribution in [-0.2, 0) is 9.53 Å². The molecule has 18 heavy (non-hydrogen) atoms. The van der Waals surface area contributed by atoms with E-state index >= 15 is 0 Å². The molecule has 2 saturated heterocycles. The average molecular weight is 252 g/mol. The van der Waals surface area contributed by atoms with E-state index in [0.717, 1.165) is 38.8 Å². The number of hydrogen-bond donors (Lipinski definition) is 1. The summed E-state index contributed by atoms with van der Waals surface area (Å²) in [7, 11) is 0. The van der Waals surface area contributed by atoms with E-state index in [4.69, 9.17) is 10.5 Å². The molecule has 3 fully saturated rings. The number of carbonyl (C=O) groups is 1. The van der Waals surface area contributed by atoms with Gasteiger partial charge < -0.3 is 15.4 Å². The number of carbonyl (C=O) groups excluding carboxylic acids is 1. The van der Waals surface area contributed by atoms with Gasteiger partial charge in [0.15, 0.2) is 0 Å². The van der Waals surface area contributed by atoms with Crippen LogP contribution in [0, 0.1) is 5.92 Å². The van der Waals surface area contributed by atoms with Crippen molar-refractivity contribution in [2.45, 2.75) is 63.2 Å². The zero-order valence-corrected chi connectivity index (χ0v) is 11.0. The van der Waals surface area contributed by atoms with Crippen molar-refractivity contribution in [2.24, 2.45) is 11.7 Å². The summed E-state index contributed by atoms with van der Waals surface area (Å²) in [6.45, 7) is 1.61. The van der Waals surface area contributed by atoms with Crippen LogP contribution in [-0.4, -0.2) is 42.1 Å². The van der Waals surface area contributed by atoms with Crippen LogP contribution in [0.25, 0.3) is 0 Å². The average Bonchev–Trinajstić information content (AvgIpc) is 2.71. The number of amides is 1. The van der Waals surface area contributed by atoms with E-state index in [0.29, 0.717) is 30.5 Å². The monoisotopic (exact) mass is 252 g/mol. The molecule has 0 spiro atoms. The summed E-state index contributed by atoms with van der Waals surface area (Å²) >= 11 is 0. The van der Waals surface area contributed by atoms with Crippen LogP contribution >= 0.6 is 0 Å². The molecule has 1 amide bonds. The van der Waals surface area contributed by atoms with Crippen LogP contribution < -0.4 is 5.73 Å². The summed E-state index contributed by atoms with van der Waals surface area (Å²) in [5.41, 5.74) is 6.13. The van der Waals surface area contributed by atoms with Crippen molar-refractivity contribution >= 4 is 5.91 Å². The van der Waals surface area contributed by atoms with Crippen LogP contribution in [0.1, 0.15) is 44.9 Å². The second-order valence-corrected chi connectivity index (χ2v) is 6.17. The predicted octanol–water partition coefficient (Wildman–Crippen LogP) is 1.28. The SMILES string of the molecule is NC1CCCCC1CC(=O)N1CC2CCC(C1)O2. The van der Waals surface area contributed by atoms with Gasteiger partial charge >= 0.3 is 0 Å². The molecule has 3 rings (SSSR count). The van der Waals surface area contributed by atoms with Gasteiger partial charge in [-0.15, -0.1) is 0 Å². The summed E-state index contributed by atoms with van der Waals surface area (Å²) in [4.78, 5) is 14.4. The standard InChI is InChI=1S/C14H24N2O2/c15-13-4-2-1-3-10(13)7-14(17)16-8-11-5-6-12(9-16)18-11/h10-13H,1-9,15H2. The molecule has 4 unspecified atom stereocenters. The fraction of sp³-hybridized carbons (Fsp3) is 0.929. The number of nitrogens with zero attached hydrogens (tertiary/aromatic N) is 1. The molecule has 1 aliphatic carbocycles. The van der Waals surface area contributed by atoms with E-state index < -0.39 is 0 Å². The van der Waals surface area contributed by atoms with Crippen LogP contribution in [0.2, 0.25) is 0 Å². The maximum Gasteiger partial charge on any atom is 0.223 e. The third-order valence-corrected chi connectivity index (χ3v) is 4.80. The van der Waals surface area contributed by atoms with Crippen LogP contribution in [0.3, 0.4) is 0 Å². The lowest BCUT2D eigenvalue weighted by Crippen LogP contribution is -2.47. The van der Waals surface area contributed by atoms with Crippen molar-refractivity contribution in [1.29, 1.82) is 0 Å². The molecule has 0 aromatic carbocycles. The van der Waals surface area contributed by atoms with Gasteiger partial charge in [-0.05, 0) is 31.6 Å². The summed E-state index contributed by atoms with van der Waals surface area (Å²) in [5.74, 6) is 0.712. The van der Waals surface area contributed by atoms with E-state index in [9.17, 15) is 4.79 Å². The Kier molecular flexibility index (Phi) is 3.57. The van der Waals surface area contributed by atoms with Gasteiger partial charge in [0.1, 0.15) is 0 Å². The topological polar surface area (TPSA) is 55.6 Å². The second kappa shape index (κ2) is 5.17. The zero-order valence-electron chi connectivity index (χ0n) is 11.0. The fourth-order valence-corrected chi connectivity index (χ4v) is 3.66. The maximum absolute atomic E-state index is 12.3. The van der Waals surface area contributed by atoms with Gasteiger partial charge in [-0.1, -0.05) is 12.8 Å². The van der Waals surface area contributed by atoms with E-state index in [2.05, 4.69) is 0 Å². The first-order valence-corrected chi connectivity index (χ1v) is 7.41. The highest BCUT2D eigenvalue weighted by molar-refractivity contribution is 5.76. The first-order valence-electron chi connectivity index (χ1n) is 7.41. The number of nitrogens with two attached hydrogens (primary N) is 1. The quantitative estimate of drug-likeness (QED) is 0.805. The minimum absolute atomic E-state index is 0.237. The largest absolute Gasteiger partial charge is 0.371 e. The van der Waals surface area contributed by atoms with Gasteiger partial charge in [0.05, 0.1) is 12.2 Å². The molecule has 4 heteroatoms. The van der Waals surface area contributed by atoms with Crippen LogP contribution in [0.5, 0.6) is 0 Å². The zero-order chi connectivity index (χ0) is 12.5. The van der Waals surface area contributed by atoms with Crippen molar-refractivity contribution in [1.82, 2.24) is 4.90 Å². The van der Waals surface area contributed by atoms with Gasteiger partial charge in [0.2, 0.25) is 5.91 Å². The van der Waals surface area contributed by atoms with E-state index in [1.54, 1.807) is 0 Å². The van der Waals surface area contributed by atoms with Crippen LogP contribution in [0.15, 0.2) is 0 Å². The Hall–Kier alpha value is -0.610. The molecule has 2 bridgehead atoms. The second-order valence-electron chi connectivity index (χ2n) is 6.17. The smallest absolute Gasteiger partial charge is 0.223 e. The van der Waals surface area contributed by atoms with Gasteiger partial charge in [-0.3, -0.25) is 4.79 Å². The number of fused-ring (bicyclic) bond motifs is 2. The molecular formula is C14H24N2O2. The fourth-order valence-electron chi connectivity index (χ4n) is 3.66. The van der Waals surface area contributed by atoms with Gasteiger partial charge in [0.25, 0.3) is 0 Å². The molecule has 2 aliphatic heterocycles. The van der Waals surface area contributed by atoms with Crippen molar-refractivity contribution < 1.29 is 9.53 Å². The van der Waals surface area contributed by atoms with Crippen molar-refractivity contribution in [3.63, 3.8) is 0 Å². The molecule has 3 aliphatic rings. The highest BCUT2D eigenvalue weighted by atomic mass is 16.5. The Labute approximate surface area is 109 Å². The lowest BCUT2D eigenvalue weighted by Gasteiger charge is -2.35. The molecule has 0 radical (unpaired) electrons. The third-order valence-electron chi connectivity index (χ3n) is 4.80. The lowest BCUT2D eigenvalue weighted by molar-refractivity contribution is -0.141. The molecule has 0 aromatic heterocycles. The number of rotatable bonds is 2. The molecule has 2 N–H and O–H groups in total. The Morgan fingerprint density at radius 2 is 1.78 bits per heavy atom. The highest BCUT2D eigenvalue weighted by Gasteiger charge is 2.36. The minimum Gasteiger partial charge on any atom is -0.371 e. The normalized spacial score (nSPS) is 39.9. The van der Waals surface area contributed by atoms with Crippen molar-refractivity contribution in [3.8, 4) is 0 Å². The Morgan fingerprint density at radius 3 is 2.44 bits per heavy atom. The van der Waals surface area contributed by atoms with Gasteiger partial charge in [0, 0.05) is 25.6 Å². The third kappa shape index (κ3) is 2.54. The molecule has 102 valence electrons. The molecule has 0 aromatic rings. The van der Waals surface area contributed by atoms with Gasteiger partial charge in [-0.25, -0.2) is 0 Å². The van der Waals surface area contributed by atoms with E-state index in [-0.39, 0.29) is 6.04 Å². The summed E-state index contributed by atoms with van der Waals surface area (Å²) in [5, 5.41) is 0. The van der Waals surface area contributed by atoms with E-state index in [1.807, 2.05) is 4.90 Å².